The molecule has 0 bridgehead atoms. The van der Waals surface area contributed by atoms with Gasteiger partial charge in [-0.1, -0.05) is 0 Å². The number of nitrogens with one attached hydrogen (secondary N) is 1. The molecule has 1 aromatic carbocycles. The summed E-state index contributed by atoms with van der Waals surface area (Å²) in [7, 11) is -2.03. The summed E-state index contributed by atoms with van der Waals surface area (Å²) in [4.78, 5) is 14.5. The van der Waals surface area contributed by atoms with Gasteiger partial charge in [-0.2, -0.15) is 9.40 Å². The minimum absolute atomic E-state index is 0.0431. The van der Waals surface area contributed by atoms with Crippen LogP contribution in [0.5, 0.6) is 5.75 Å². The van der Waals surface area contributed by atoms with E-state index in [1.807, 2.05) is 13.8 Å². The summed E-state index contributed by atoms with van der Waals surface area (Å²) in [6.45, 7) is 5.26. The SMILES string of the molecule is COc1ccc(S(=O)(=O)N2CCN(C(=O)CCc3c(C)n[nH]c3C)CC2)cc1. The van der Waals surface area contributed by atoms with Crippen LogP contribution in [0.1, 0.15) is 23.4 Å². The molecule has 0 aliphatic carbocycles. The molecule has 1 aliphatic heterocycles. The summed E-state index contributed by atoms with van der Waals surface area (Å²) in [5, 5.41) is 7.08. The lowest BCUT2D eigenvalue weighted by atomic mass is 10.1. The molecule has 1 aromatic heterocycles. The minimum Gasteiger partial charge on any atom is -0.497 e. The molecule has 0 saturated carbocycles. The van der Waals surface area contributed by atoms with E-state index >= 15 is 0 Å². The first-order chi connectivity index (χ1) is 13.3. The van der Waals surface area contributed by atoms with Crippen LogP contribution >= 0.6 is 0 Å². The number of aromatic amines is 1. The largest absolute Gasteiger partial charge is 0.497 e. The van der Waals surface area contributed by atoms with Crippen LogP contribution in [0.3, 0.4) is 0 Å². The Labute approximate surface area is 165 Å². The third kappa shape index (κ3) is 4.20. The highest BCUT2D eigenvalue weighted by Crippen LogP contribution is 2.21. The third-order valence-corrected chi connectivity index (χ3v) is 7.07. The van der Waals surface area contributed by atoms with Gasteiger partial charge in [0.25, 0.3) is 0 Å². The van der Waals surface area contributed by atoms with E-state index in [0.29, 0.717) is 44.8 Å². The number of carbonyl (C=O) groups is 1. The standard InChI is InChI=1S/C19H26N4O4S/c1-14-18(15(2)21-20-14)8-9-19(24)22-10-12-23(13-11-22)28(25,26)17-6-4-16(27-3)5-7-17/h4-7H,8-13H2,1-3H3,(H,20,21). The van der Waals surface area contributed by atoms with Crippen molar-refractivity contribution in [3.05, 3.63) is 41.2 Å². The molecule has 0 spiro atoms. The number of sulfonamides is 1. The van der Waals surface area contributed by atoms with Crippen LogP contribution in [0, 0.1) is 13.8 Å². The summed E-state index contributed by atoms with van der Waals surface area (Å²) >= 11 is 0. The number of amides is 1. The molecule has 1 N–H and O–H groups in total. The number of carbonyl (C=O) groups excluding carboxylic acids is 1. The quantitative estimate of drug-likeness (QED) is 0.784. The van der Waals surface area contributed by atoms with Gasteiger partial charge in [-0.25, -0.2) is 8.42 Å². The number of H-pyrrole nitrogens is 1. The number of aromatic nitrogens is 2. The Bertz CT molecular complexity index is 910. The van der Waals surface area contributed by atoms with Crippen LogP contribution in [0.2, 0.25) is 0 Å². The predicted octanol–water partition coefficient (Wildman–Crippen LogP) is 1.50. The first-order valence-electron chi connectivity index (χ1n) is 9.25. The van der Waals surface area contributed by atoms with Crippen molar-refractivity contribution in [1.29, 1.82) is 0 Å². The summed E-state index contributed by atoms with van der Waals surface area (Å²) in [6.07, 6.45) is 1.03. The first-order valence-corrected chi connectivity index (χ1v) is 10.7. The van der Waals surface area contributed by atoms with E-state index in [4.69, 9.17) is 4.74 Å². The molecular weight excluding hydrogens is 380 g/mol. The topological polar surface area (TPSA) is 95.6 Å². The van der Waals surface area contributed by atoms with Crippen molar-refractivity contribution >= 4 is 15.9 Å². The molecule has 152 valence electrons. The average Bonchev–Trinajstić information content (AvgIpc) is 3.03. The van der Waals surface area contributed by atoms with Crippen molar-refractivity contribution in [3.63, 3.8) is 0 Å². The van der Waals surface area contributed by atoms with Crippen molar-refractivity contribution in [1.82, 2.24) is 19.4 Å². The molecule has 2 aromatic rings. The van der Waals surface area contributed by atoms with Crippen molar-refractivity contribution in [2.45, 2.75) is 31.6 Å². The maximum atomic E-state index is 12.8. The molecular formula is C19H26N4O4S. The number of methoxy groups -OCH3 is 1. The molecule has 3 rings (SSSR count). The van der Waals surface area contributed by atoms with Crippen LogP contribution < -0.4 is 4.74 Å². The zero-order valence-corrected chi connectivity index (χ0v) is 17.3. The van der Waals surface area contributed by atoms with Gasteiger partial charge in [0.15, 0.2) is 0 Å². The van der Waals surface area contributed by atoms with Crippen LogP contribution in [0.15, 0.2) is 29.2 Å². The molecule has 28 heavy (non-hydrogen) atoms. The van der Waals surface area contributed by atoms with E-state index in [0.717, 1.165) is 17.0 Å². The number of rotatable bonds is 6. The van der Waals surface area contributed by atoms with Gasteiger partial charge >= 0.3 is 0 Å². The molecule has 0 radical (unpaired) electrons. The fourth-order valence-corrected chi connectivity index (χ4v) is 4.83. The van der Waals surface area contributed by atoms with E-state index in [1.165, 1.54) is 11.4 Å². The smallest absolute Gasteiger partial charge is 0.243 e. The van der Waals surface area contributed by atoms with Gasteiger partial charge in [-0.15, -0.1) is 0 Å². The summed E-state index contributed by atoms with van der Waals surface area (Å²) in [5.41, 5.74) is 2.98. The fourth-order valence-electron chi connectivity index (χ4n) is 3.41. The maximum Gasteiger partial charge on any atom is 0.243 e. The number of hydrogen-bond donors (Lipinski definition) is 1. The molecule has 0 unspecified atom stereocenters. The van der Waals surface area contributed by atoms with E-state index < -0.39 is 10.0 Å². The van der Waals surface area contributed by atoms with Crippen molar-refractivity contribution in [2.24, 2.45) is 0 Å². The maximum absolute atomic E-state index is 12.8. The first kappa shape index (κ1) is 20.3. The fraction of sp³-hybridized carbons (Fsp3) is 0.474. The number of ether oxygens (including phenoxy) is 1. The second kappa shape index (κ2) is 8.32. The van der Waals surface area contributed by atoms with Crippen molar-refractivity contribution in [2.75, 3.05) is 33.3 Å². The Morgan fingerprint density at radius 1 is 1.14 bits per heavy atom. The van der Waals surface area contributed by atoms with E-state index in [-0.39, 0.29) is 10.8 Å². The summed E-state index contributed by atoms with van der Waals surface area (Å²) < 4.78 is 32.1. The normalized spacial score (nSPS) is 15.6. The monoisotopic (exact) mass is 406 g/mol. The molecule has 1 fully saturated rings. The Balaban J connectivity index is 1.56. The number of piperazine rings is 1. The van der Waals surface area contributed by atoms with Crippen molar-refractivity contribution < 1.29 is 17.9 Å². The molecule has 8 nitrogen and oxygen atoms in total. The summed E-state index contributed by atoms with van der Waals surface area (Å²) in [6, 6.07) is 6.35. The van der Waals surface area contributed by atoms with Gasteiger partial charge in [-0.05, 0) is 50.1 Å². The second-order valence-corrected chi connectivity index (χ2v) is 8.81. The Morgan fingerprint density at radius 2 is 1.79 bits per heavy atom. The highest BCUT2D eigenvalue weighted by molar-refractivity contribution is 7.89. The molecule has 1 aliphatic rings. The number of hydrogen-bond acceptors (Lipinski definition) is 5. The Kier molecular flexibility index (Phi) is 6.04. The highest BCUT2D eigenvalue weighted by Gasteiger charge is 2.30. The van der Waals surface area contributed by atoms with Crippen molar-refractivity contribution in [3.8, 4) is 5.75 Å². The lowest BCUT2D eigenvalue weighted by molar-refractivity contribution is -0.132. The Hall–Kier alpha value is -2.39. The average molecular weight is 407 g/mol. The second-order valence-electron chi connectivity index (χ2n) is 6.87. The molecule has 0 atom stereocenters. The number of nitrogens with zero attached hydrogens (tertiary/aromatic N) is 3. The van der Waals surface area contributed by atoms with Crippen LogP contribution in [0.4, 0.5) is 0 Å². The lowest BCUT2D eigenvalue weighted by Crippen LogP contribution is -2.50. The molecule has 1 amide bonds. The van der Waals surface area contributed by atoms with Gasteiger partial charge in [0.2, 0.25) is 15.9 Å². The van der Waals surface area contributed by atoms with Crippen LogP contribution in [-0.2, 0) is 21.2 Å². The Morgan fingerprint density at radius 3 is 2.32 bits per heavy atom. The number of benzene rings is 1. The van der Waals surface area contributed by atoms with Gasteiger partial charge in [0.05, 0.1) is 17.7 Å². The lowest BCUT2D eigenvalue weighted by Gasteiger charge is -2.34. The zero-order valence-electron chi connectivity index (χ0n) is 16.4. The van der Waals surface area contributed by atoms with E-state index in [2.05, 4.69) is 10.2 Å². The van der Waals surface area contributed by atoms with E-state index in [9.17, 15) is 13.2 Å². The summed E-state index contributed by atoms with van der Waals surface area (Å²) in [5.74, 6) is 0.652. The van der Waals surface area contributed by atoms with E-state index in [1.54, 1.807) is 29.2 Å². The molecule has 2 heterocycles. The zero-order chi connectivity index (χ0) is 20.3. The van der Waals surface area contributed by atoms with Gasteiger partial charge < -0.3 is 9.64 Å². The third-order valence-electron chi connectivity index (χ3n) is 5.16. The van der Waals surface area contributed by atoms with Gasteiger partial charge in [0.1, 0.15) is 5.75 Å². The number of aryl methyl sites for hydroxylation is 2. The van der Waals surface area contributed by atoms with Gasteiger partial charge in [0, 0.05) is 38.3 Å². The minimum atomic E-state index is -3.57. The highest BCUT2D eigenvalue weighted by atomic mass is 32.2. The predicted molar refractivity (Wildman–Crippen MR) is 105 cm³/mol. The van der Waals surface area contributed by atoms with Crippen LogP contribution in [-0.4, -0.2) is 67.0 Å². The van der Waals surface area contributed by atoms with Crippen LogP contribution in [0.25, 0.3) is 0 Å². The molecule has 9 heteroatoms. The molecule has 1 saturated heterocycles. The van der Waals surface area contributed by atoms with Gasteiger partial charge in [-0.3, -0.25) is 9.89 Å².